The maximum absolute atomic E-state index is 11.3. The number of nitrogens with zero attached hydrogens (tertiary/aromatic N) is 1. The molecule has 0 amide bonds. The van der Waals surface area contributed by atoms with Crippen LogP contribution in [0.4, 0.5) is 0 Å². The number of carboxylic acid groups (broad SMARTS) is 1. The van der Waals surface area contributed by atoms with Gasteiger partial charge in [-0.1, -0.05) is 0 Å². The first-order valence-electron chi connectivity index (χ1n) is 4.54. The number of benzene rings is 1. The number of rotatable bonds is 3. The van der Waals surface area contributed by atoms with Gasteiger partial charge in [0.15, 0.2) is 0 Å². The van der Waals surface area contributed by atoms with Gasteiger partial charge in [0.05, 0.1) is 5.56 Å². The minimum atomic E-state index is -1.21. The highest BCUT2D eigenvalue weighted by molar-refractivity contribution is 5.95. The molecular formula is C10H9NO6. The third-order valence-corrected chi connectivity index (χ3v) is 2.39. The second-order valence-electron chi connectivity index (χ2n) is 3.32. The Balaban J connectivity index is 3.21. The number of carbonyl (C=O) groups excluding carboxylic acids is 1. The Hall–Kier alpha value is -2.44. The van der Waals surface area contributed by atoms with E-state index < -0.39 is 17.0 Å². The molecule has 1 N–H and O–H groups in total. The lowest BCUT2D eigenvalue weighted by atomic mass is 9.98. The summed E-state index contributed by atoms with van der Waals surface area (Å²) in [5, 5.41) is 17.7. The molecule has 0 aliphatic rings. The van der Waals surface area contributed by atoms with Gasteiger partial charge in [0, 0.05) is 5.56 Å². The molecule has 0 saturated carbocycles. The van der Waals surface area contributed by atoms with Crippen LogP contribution in [-0.4, -0.2) is 22.1 Å². The highest BCUT2D eigenvalue weighted by Crippen LogP contribution is 2.18. The molecule has 0 radical (unpaired) electrons. The van der Waals surface area contributed by atoms with Crippen molar-refractivity contribution in [2.75, 3.05) is 0 Å². The topological polar surface area (TPSA) is 107 Å². The van der Waals surface area contributed by atoms with E-state index in [4.69, 9.17) is 5.11 Å². The monoisotopic (exact) mass is 239 g/mol. The van der Waals surface area contributed by atoms with E-state index in [9.17, 15) is 19.7 Å². The van der Waals surface area contributed by atoms with Crippen LogP contribution in [0.5, 0.6) is 0 Å². The second-order valence-corrected chi connectivity index (χ2v) is 3.32. The van der Waals surface area contributed by atoms with E-state index in [0.29, 0.717) is 11.1 Å². The van der Waals surface area contributed by atoms with E-state index in [0.717, 1.165) is 0 Å². The van der Waals surface area contributed by atoms with Crippen molar-refractivity contribution < 1.29 is 24.6 Å². The zero-order valence-electron chi connectivity index (χ0n) is 9.09. The average molecular weight is 239 g/mol. The molecule has 0 atom stereocenters. The molecule has 0 unspecified atom stereocenters. The zero-order chi connectivity index (χ0) is 13.2. The standard InChI is InChI=1S/C10H9NO6/c1-5-6(2)8(10(14)17-11(15)16)4-3-7(5)9(12)13/h3-4H,1-2H3,(H,12,13). The summed E-state index contributed by atoms with van der Waals surface area (Å²) in [4.78, 5) is 35.9. The first-order valence-corrected chi connectivity index (χ1v) is 4.54. The van der Waals surface area contributed by atoms with Crippen molar-refractivity contribution in [2.24, 2.45) is 0 Å². The number of aromatic carboxylic acids is 1. The Morgan fingerprint density at radius 1 is 1.24 bits per heavy atom. The molecule has 0 aliphatic carbocycles. The van der Waals surface area contributed by atoms with Crippen LogP contribution in [0, 0.1) is 24.0 Å². The van der Waals surface area contributed by atoms with Crippen LogP contribution in [0.1, 0.15) is 31.8 Å². The van der Waals surface area contributed by atoms with Gasteiger partial charge < -0.3 is 5.11 Å². The third-order valence-electron chi connectivity index (χ3n) is 2.39. The van der Waals surface area contributed by atoms with E-state index in [1.807, 2.05) is 0 Å². The van der Waals surface area contributed by atoms with Crippen LogP contribution in [0.25, 0.3) is 0 Å². The third kappa shape index (κ3) is 2.57. The Bertz CT molecular complexity index is 508. The van der Waals surface area contributed by atoms with Gasteiger partial charge in [0.25, 0.3) is 0 Å². The van der Waals surface area contributed by atoms with E-state index in [-0.39, 0.29) is 11.1 Å². The molecule has 0 saturated heterocycles. The molecule has 7 nitrogen and oxygen atoms in total. The molecular weight excluding hydrogens is 230 g/mol. The average Bonchev–Trinajstić information content (AvgIpc) is 2.20. The molecule has 1 rings (SSSR count). The summed E-state index contributed by atoms with van der Waals surface area (Å²) in [6.07, 6.45) is 0. The van der Waals surface area contributed by atoms with Gasteiger partial charge in [-0.3, -0.25) is 4.79 Å². The van der Waals surface area contributed by atoms with Gasteiger partial charge in [-0.15, -0.1) is 10.1 Å². The van der Waals surface area contributed by atoms with E-state index >= 15 is 0 Å². The summed E-state index contributed by atoms with van der Waals surface area (Å²) >= 11 is 0. The quantitative estimate of drug-likeness (QED) is 0.630. The minimum Gasteiger partial charge on any atom is -0.478 e. The molecule has 0 bridgehead atoms. The lowest BCUT2D eigenvalue weighted by molar-refractivity contribution is -0.727. The Kier molecular flexibility index (Phi) is 3.42. The van der Waals surface area contributed by atoms with Gasteiger partial charge >= 0.3 is 17.0 Å². The van der Waals surface area contributed by atoms with E-state index in [1.165, 1.54) is 26.0 Å². The lowest BCUT2D eigenvalue weighted by Crippen LogP contribution is -2.13. The highest BCUT2D eigenvalue weighted by atomic mass is 17.0. The van der Waals surface area contributed by atoms with Crippen LogP contribution >= 0.6 is 0 Å². The SMILES string of the molecule is Cc1c(C(=O)O)ccc(C(=O)O[N+](=O)[O-])c1C. The number of hydrogen-bond acceptors (Lipinski definition) is 5. The van der Waals surface area contributed by atoms with Gasteiger partial charge in [-0.2, -0.15) is 0 Å². The zero-order valence-corrected chi connectivity index (χ0v) is 9.09. The smallest absolute Gasteiger partial charge is 0.335 e. The maximum atomic E-state index is 11.3. The molecule has 0 heterocycles. The fourth-order valence-corrected chi connectivity index (χ4v) is 1.39. The largest absolute Gasteiger partial charge is 0.478 e. The predicted octanol–water partition coefficient (Wildman–Crippen LogP) is 1.35. The molecule has 1 aromatic rings. The Morgan fingerprint density at radius 2 is 1.71 bits per heavy atom. The van der Waals surface area contributed by atoms with Crippen LogP contribution < -0.4 is 0 Å². The van der Waals surface area contributed by atoms with Crippen molar-refractivity contribution in [3.63, 3.8) is 0 Å². The van der Waals surface area contributed by atoms with Crippen LogP contribution in [0.2, 0.25) is 0 Å². The van der Waals surface area contributed by atoms with Crippen molar-refractivity contribution in [3.8, 4) is 0 Å². The fraction of sp³-hybridized carbons (Fsp3) is 0.200. The summed E-state index contributed by atoms with van der Waals surface area (Å²) < 4.78 is 0. The van der Waals surface area contributed by atoms with Gasteiger partial charge in [-0.25, -0.2) is 9.63 Å². The first kappa shape index (κ1) is 12.6. The van der Waals surface area contributed by atoms with E-state index in [2.05, 4.69) is 4.84 Å². The molecule has 1 aromatic carbocycles. The summed E-state index contributed by atoms with van der Waals surface area (Å²) in [7, 11) is 0. The maximum Gasteiger partial charge on any atom is 0.335 e. The van der Waals surface area contributed by atoms with Crippen LogP contribution in [0.3, 0.4) is 0 Å². The molecule has 0 spiro atoms. The summed E-state index contributed by atoms with van der Waals surface area (Å²) in [6, 6.07) is 2.40. The first-order chi connectivity index (χ1) is 7.84. The summed E-state index contributed by atoms with van der Waals surface area (Å²) in [5.74, 6) is -2.24. The molecule has 0 aliphatic heterocycles. The predicted molar refractivity (Wildman–Crippen MR) is 55.3 cm³/mol. The number of hydrogen-bond donors (Lipinski definition) is 1. The second kappa shape index (κ2) is 4.60. The molecule has 0 fully saturated rings. The van der Waals surface area contributed by atoms with Crippen LogP contribution in [-0.2, 0) is 4.84 Å². The number of carbonyl (C=O) groups is 2. The number of carboxylic acids is 1. The molecule has 7 heteroatoms. The van der Waals surface area contributed by atoms with Crippen molar-refractivity contribution >= 4 is 11.9 Å². The Labute approximate surface area is 95.7 Å². The van der Waals surface area contributed by atoms with Crippen molar-refractivity contribution in [1.82, 2.24) is 0 Å². The van der Waals surface area contributed by atoms with Crippen LogP contribution in [0.15, 0.2) is 12.1 Å². The molecule has 90 valence electrons. The van der Waals surface area contributed by atoms with E-state index in [1.54, 1.807) is 0 Å². The minimum absolute atomic E-state index is 0.0239. The van der Waals surface area contributed by atoms with Crippen molar-refractivity contribution in [1.29, 1.82) is 0 Å². The molecule has 17 heavy (non-hydrogen) atoms. The normalized spacial score (nSPS) is 9.76. The lowest BCUT2D eigenvalue weighted by Gasteiger charge is -2.08. The summed E-state index contributed by atoms with van der Waals surface area (Å²) in [6.45, 7) is 3.01. The fourth-order valence-electron chi connectivity index (χ4n) is 1.39. The Morgan fingerprint density at radius 3 is 2.18 bits per heavy atom. The van der Waals surface area contributed by atoms with Crippen molar-refractivity contribution in [3.05, 3.63) is 44.5 Å². The van der Waals surface area contributed by atoms with Gasteiger partial charge in [-0.05, 0) is 37.1 Å². The molecule has 0 aromatic heterocycles. The van der Waals surface area contributed by atoms with Gasteiger partial charge in [0.1, 0.15) is 0 Å². The van der Waals surface area contributed by atoms with Crippen molar-refractivity contribution in [2.45, 2.75) is 13.8 Å². The highest BCUT2D eigenvalue weighted by Gasteiger charge is 2.18. The van der Waals surface area contributed by atoms with Gasteiger partial charge in [0.2, 0.25) is 0 Å². The summed E-state index contributed by atoms with van der Waals surface area (Å²) in [5.41, 5.74) is 0.733.